The lowest BCUT2D eigenvalue weighted by Crippen LogP contribution is -2.26. The Labute approximate surface area is 282 Å². The first-order valence-electron chi connectivity index (χ1n) is 16.1. The second-order valence-corrected chi connectivity index (χ2v) is 13.5. The SMILES string of the molecule is Brc1ccc2c(c1)C1(c3ccccc3-c3ccccc31)c1cc(-n3c(-c4ccccc4)c(-c4ccccc4)c4ccccc43)ccc1-2. The van der Waals surface area contributed by atoms with Crippen LogP contribution in [0.1, 0.15) is 22.3 Å². The van der Waals surface area contributed by atoms with Crippen molar-refractivity contribution in [1.82, 2.24) is 4.57 Å². The van der Waals surface area contributed by atoms with Crippen molar-refractivity contribution in [3.63, 3.8) is 0 Å². The van der Waals surface area contributed by atoms with Gasteiger partial charge in [0.05, 0.1) is 16.6 Å². The summed E-state index contributed by atoms with van der Waals surface area (Å²) in [6.45, 7) is 0. The van der Waals surface area contributed by atoms with Gasteiger partial charge in [0.15, 0.2) is 0 Å². The molecule has 1 spiro atoms. The first-order chi connectivity index (χ1) is 23.2. The van der Waals surface area contributed by atoms with Gasteiger partial charge in [-0.15, -0.1) is 0 Å². The standard InChI is InChI=1S/C45H28BrN/c46-31-23-25-35-36-26-24-32(28-41(36)45(40(35)27-31)38-20-10-7-17-33(38)34-18-8-11-21-39(34)45)47-42-22-12-9-19-37(42)43(29-13-3-1-4-14-29)44(47)30-15-5-2-6-16-30/h1-28H. The fourth-order valence-electron chi connectivity index (χ4n) is 8.51. The molecule has 0 amide bonds. The van der Waals surface area contributed by atoms with Crippen molar-refractivity contribution in [2.45, 2.75) is 5.41 Å². The molecule has 47 heavy (non-hydrogen) atoms. The van der Waals surface area contributed by atoms with E-state index in [4.69, 9.17) is 0 Å². The summed E-state index contributed by atoms with van der Waals surface area (Å²) >= 11 is 3.85. The first-order valence-corrected chi connectivity index (χ1v) is 16.9. The third kappa shape index (κ3) is 3.59. The molecule has 1 heterocycles. The number of hydrogen-bond donors (Lipinski definition) is 0. The number of rotatable bonds is 3. The van der Waals surface area contributed by atoms with Gasteiger partial charge in [-0.2, -0.15) is 0 Å². The quantitative estimate of drug-likeness (QED) is 0.177. The normalized spacial score (nSPS) is 13.4. The molecule has 2 heteroatoms. The van der Waals surface area contributed by atoms with Gasteiger partial charge >= 0.3 is 0 Å². The smallest absolute Gasteiger partial charge is 0.0726 e. The Bertz CT molecular complexity index is 2480. The highest BCUT2D eigenvalue weighted by molar-refractivity contribution is 9.10. The van der Waals surface area contributed by atoms with Gasteiger partial charge in [-0.3, -0.25) is 0 Å². The van der Waals surface area contributed by atoms with E-state index in [-0.39, 0.29) is 0 Å². The highest BCUT2D eigenvalue weighted by Crippen LogP contribution is 2.63. The predicted molar refractivity (Wildman–Crippen MR) is 198 cm³/mol. The number of fused-ring (bicyclic) bond motifs is 11. The van der Waals surface area contributed by atoms with Gasteiger partial charge in [-0.25, -0.2) is 0 Å². The lowest BCUT2D eigenvalue weighted by molar-refractivity contribution is 0.792. The number of benzene rings is 7. The Balaban J connectivity index is 1.34. The Morgan fingerprint density at radius 1 is 0.426 bits per heavy atom. The molecular weight excluding hydrogens is 634 g/mol. The number of nitrogens with zero attached hydrogens (tertiary/aromatic N) is 1. The van der Waals surface area contributed by atoms with E-state index < -0.39 is 5.41 Å². The molecule has 2 aliphatic rings. The maximum absolute atomic E-state index is 3.85. The zero-order valence-corrected chi connectivity index (χ0v) is 27.1. The number of aromatic nitrogens is 1. The molecule has 1 aromatic heterocycles. The van der Waals surface area contributed by atoms with Crippen LogP contribution in [0.25, 0.3) is 61.2 Å². The number of halogens is 1. The summed E-state index contributed by atoms with van der Waals surface area (Å²) in [7, 11) is 0. The van der Waals surface area contributed by atoms with Gasteiger partial charge in [-0.05, 0) is 86.0 Å². The van der Waals surface area contributed by atoms with E-state index in [1.807, 2.05) is 0 Å². The van der Waals surface area contributed by atoms with E-state index in [9.17, 15) is 0 Å². The van der Waals surface area contributed by atoms with Crippen molar-refractivity contribution in [3.8, 4) is 50.3 Å². The lowest BCUT2D eigenvalue weighted by atomic mass is 9.70. The number of para-hydroxylation sites is 1. The summed E-state index contributed by atoms with van der Waals surface area (Å²) < 4.78 is 3.59. The second-order valence-electron chi connectivity index (χ2n) is 12.6. The minimum Gasteiger partial charge on any atom is -0.309 e. The van der Waals surface area contributed by atoms with Crippen molar-refractivity contribution in [3.05, 3.63) is 197 Å². The average molecular weight is 663 g/mol. The van der Waals surface area contributed by atoms with Crippen molar-refractivity contribution >= 4 is 26.8 Å². The summed E-state index contributed by atoms with van der Waals surface area (Å²) in [4.78, 5) is 0. The monoisotopic (exact) mass is 661 g/mol. The maximum atomic E-state index is 3.85. The third-order valence-corrected chi connectivity index (χ3v) is 10.8. The third-order valence-electron chi connectivity index (χ3n) is 10.3. The molecule has 0 radical (unpaired) electrons. The van der Waals surface area contributed by atoms with Crippen molar-refractivity contribution in [1.29, 1.82) is 0 Å². The Kier molecular flexibility index (Phi) is 5.71. The van der Waals surface area contributed by atoms with E-state index >= 15 is 0 Å². The van der Waals surface area contributed by atoms with Crippen LogP contribution in [0.15, 0.2) is 174 Å². The van der Waals surface area contributed by atoms with E-state index in [0.29, 0.717) is 0 Å². The van der Waals surface area contributed by atoms with Gasteiger partial charge in [0.2, 0.25) is 0 Å². The minimum atomic E-state index is -0.421. The molecule has 0 aliphatic heterocycles. The Hall–Kier alpha value is -5.44. The lowest BCUT2D eigenvalue weighted by Gasteiger charge is -2.31. The van der Waals surface area contributed by atoms with Crippen molar-refractivity contribution in [2.75, 3.05) is 0 Å². The summed E-state index contributed by atoms with van der Waals surface area (Å²) in [5.74, 6) is 0. The molecule has 0 saturated carbocycles. The van der Waals surface area contributed by atoms with Crippen LogP contribution in [0.2, 0.25) is 0 Å². The van der Waals surface area contributed by atoms with Crippen LogP contribution < -0.4 is 0 Å². The molecule has 0 saturated heterocycles. The molecule has 1 nitrogen and oxygen atoms in total. The molecule has 2 aliphatic carbocycles. The molecular formula is C45H28BrN. The molecule has 0 N–H and O–H groups in total. The Morgan fingerprint density at radius 3 is 1.66 bits per heavy atom. The summed E-state index contributed by atoms with van der Waals surface area (Å²) in [6.07, 6.45) is 0. The van der Waals surface area contributed by atoms with Crippen LogP contribution in [0.5, 0.6) is 0 Å². The van der Waals surface area contributed by atoms with Crippen LogP contribution in [0.4, 0.5) is 0 Å². The van der Waals surface area contributed by atoms with Crippen LogP contribution >= 0.6 is 15.9 Å². The highest BCUT2D eigenvalue weighted by atomic mass is 79.9. The van der Waals surface area contributed by atoms with Crippen molar-refractivity contribution in [2.24, 2.45) is 0 Å². The summed E-state index contributed by atoms with van der Waals surface area (Å²) in [6, 6.07) is 62.6. The zero-order chi connectivity index (χ0) is 31.1. The van der Waals surface area contributed by atoms with Gasteiger partial charge < -0.3 is 4.57 Å². The molecule has 0 atom stereocenters. The van der Waals surface area contributed by atoms with E-state index in [2.05, 4.69) is 190 Å². The summed E-state index contributed by atoms with van der Waals surface area (Å²) in [5.41, 5.74) is 17.4. The van der Waals surface area contributed by atoms with Gasteiger partial charge in [0, 0.05) is 21.1 Å². The van der Waals surface area contributed by atoms with E-state index in [1.165, 1.54) is 77.8 Å². The van der Waals surface area contributed by atoms with Crippen molar-refractivity contribution < 1.29 is 0 Å². The van der Waals surface area contributed by atoms with E-state index in [0.717, 1.165) is 10.2 Å². The van der Waals surface area contributed by atoms with Crippen LogP contribution in [0, 0.1) is 0 Å². The first kappa shape index (κ1) is 26.7. The predicted octanol–water partition coefficient (Wildman–Crippen LogP) is 12.1. The molecule has 8 aromatic rings. The highest BCUT2D eigenvalue weighted by Gasteiger charge is 2.51. The van der Waals surface area contributed by atoms with Crippen LogP contribution in [0.3, 0.4) is 0 Å². The molecule has 10 rings (SSSR count). The largest absolute Gasteiger partial charge is 0.309 e. The van der Waals surface area contributed by atoms with Gasteiger partial charge in [0.1, 0.15) is 0 Å². The fraction of sp³-hybridized carbons (Fsp3) is 0.0222. The molecule has 220 valence electrons. The van der Waals surface area contributed by atoms with Gasteiger partial charge in [-0.1, -0.05) is 155 Å². The van der Waals surface area contributed by atoms with Crippen LogP contribution in [-0.4, -0.2) is 4.57 Å². The van der Waals surface area contributed by atoms with Gasteiger partial charge in [0.25, 0.3) is 0 Å². The fourth-order valence-corrected chi connectivity index (χ4v) is 8.87. The average Bonchev–Trinajstić information content (AvgIpc) is 3.74. The number of hydrogen-bond acceptors (Lipinski definition) is 0. The molecule has 0 fully saturated rings. The van der Waals surface area contributed by atoms with Crippen LogP contribution in [-0.2, 0) is 5.41 Å². The maximum Gasteiger partial charge on any atom is 0.0726 e. The topological polar surface area (TPSA) is 4.93 Å². The summed E-state index contributed by atoms with van der Waals surface area (Å²) in [5, 5.41) is 1.25. The second kappa shape index (κ2) is 10.0. The molecule has 0 bridgehead atoms. The molecule has 0 unspecified atom stereocenters. The van der Waals surface area contributed by atoms with E-state index in [1.54, 1.807) is 0 Å². The Morgan fingerprint density at radius 2 is 0.957 bits per heavy atom. The zero-order valence-electron chi connectivity index (χ0n) is 25.5. The minimum absolute atomic E-state index is 0.421. The molecule has 7 aromatic carbocycles.